The quantitative estimate of drug-likeness (QED) is 0.253. The summed E-state index contributed by atoms with van der Waals surface area (Å²) < 4.78 is 2.00. The van der Waals surface area contributed by atoms with Crippen LogP contribution in [-0.4, -0.2) is 31.4 Å². The first-order valence-electron chi connectivity index (χ1n) is 13.0. The first-order chi connectivity index (χ1) is 19.5. The van der Waals surface area contributed by atoms with E-state index in [2.05, 4.69) is 10.3 Å². The smallest absolute Gasteiger partial charge is 0.335 e. The third-order valence-corrected chi connectivity index (χ3v) is 7.08. The first-order valence-corrected chi connectivity index (χ1v) is 13.0. The molecule has 6 rings (SSSR count). The van der Waals surface area contributed by atoms with E-state index in [4.69, 9.17) is 4.98 Å². The summed E-state index contributed by atoms with van der Waals surface area (Å²) in [4.78, 5) is 34.2. The van der Waals surface area contributed by atoms with E-state index in [-0.39, 0.29) is 17.5 Å². The molecule has 0 aliphatic heterocycles. The van der Waals surface area contributed by atoms with Gasteiger partial charge < -0.3 is 14.8 Å². The molecule has 7 heteroatoms. The zero-order chi connectivity index (χ0) is 27.6. The van der Waals surface area contributed by atoms with Gasteiger partial charge in [-0.25, -0.2) is 14.8 Å². The number of amides is 1. The number of hydrogen-bond acceptors (Lipinski definition) is 4. The van der Waals surface area contributed by atoms with Gasteiger partial charge in [0.15, 0.2) is 5.65 Å². The molecule has 0 radical (unpaired) electrons. The zero-order valence-electron chi connectivity index (χ0n) is 21.8. The summed E-state index contributed by atoms with van der Waals surface area (Å²) in [5.41, 5.74) is 6.85. The van der Waals surface area contributed by atoms with Gasteiger partial charge in [0.25, 0.3) is 5.91 Å². The van der Waals surface area contributed by atoms with Crippen LogP contribution >= 0.6 is 0 Å². The van der Waals surface area contributed by atoms with Crippen LogP contribution in [0, 0.1) is 0 Å². The Morgan fingerprint density at radius 2 is 1.73 bits per heavy atom. The lowest BCUT2D eigenvalue weighted by Gasteiger charge is -2.17. The predicted molar refractivity (Wildman–Crippen MR) is 154 cm³/mol. The minimum Gasteiger partial charge on any atom is -0.478 e. The van der Waals surface area contributed by atoms with Crippen molar-refractivity contribution in [3.63, 3.8) is 0 Å². The lowest BCUT2D eigenvalue weighted by molar-refractivity contribution is 0.0696. The Labute approximate surface area is 230 Å². The van der Waals surface area contributed by atoms with Crippen LogP contribution in [0.2, 0.25) is 0 Å². The minimum atomic E-state index is -0.985. The number of nitrogens with zero attached hydrogens (tertiary/aromatic N) is 3. The third kappa shape index (κ3) is 4.92. The molecule has 2 aromatic carbocycles. The van der Waals surface area contributed by atoms with Crippen molar-refractivity contribution in [1.82, 2.24) is 19.7 Å². The van der Waals surface area contributed by atoms with E-state index >= 15 is 0 Å². The maximum absolute atomic E-state index is 13.8. The molecule has 1 atom stereocenters. The molecule has 1 amide bonds. The third-order valence-electron chi connectivity index (χ3n) is 7.08. The fraction of sp³-hybridized carbons (Fsp3) is 0.0909. The maximum Gasteiger partial charge on any atom is 0.335 e. The average molecular weight is 527 g/mol. The van der Waals surface area contributed by atoms with Crippen molar-refractivity contribution < 1.29 is 14.7 Å². The number of carbonyl (C=O) groups excluding carboxylic acids is 1. The van der Waals surface area contributed by atoms with Gasteiger partial charge in [0.2, 0.25) is 0 Å². The Hall–Kier alpha value is -5.30. The number of carboxylic acid groups (broad SMARTS) is 1. The van der Waals surface area contributed by atoms with Crippen LogP contribution < -0.4 is 5.32 Å². The highest BCUT2D eigenvalue weighted by molar-refractivity contribution is 6.03. The Balaban J connectivity index is 1.39. The molecule has 2 N–H and O–H groups in total. The predicted octanol–water partition coefficient (Wildman–Crippen LogP) is 6.33. The molecule has 4 heterocycles. The molecule has 7 nitrogen and oxygen atoms in total. The minimum absolute atomic E-state index is 0.204. The second-order valence-corrected chi connectivity index (χ2v) is 9.76. The number of carbonyl (C=O) groups is 2. The van der Waals surface area contributed by atoms with E-state index in [0.717, 1.165) is 38.9 Å². The summed E-state index contributed by atoms with van der Waals surface area (Å²) in [6.45, 7) is 1.89. The van der Waals surface area contributed by atoms with Crippen LogP contribution in [-0.2, 0) is 6.42 Å². The highest BCUT2D eigenvalue weighted by Crippen LogP contribution is 2.28. The van der Waals surface area contributed by atoms with Gasteiger partial charge in [-0.05, 0) is 77.7 Å². The van der Waals surface area contributed by atoms with Crippen molar-refractivity contribution in [2.24, 2.45) is 0 Å². The number of aromatic nitrogens is 3. The van der Waals surface area contributed by atoms with E-state index in [1.54, 1.807) is 30.5 Å². The monoisotopic (exact) mass is 526 g/mol. The molecule has 6 aromatic rings. The molecule has 0 bridgehead atoms. The number of rotatable bonds is 7. The van der Waals surface area contributed by atoms with E-state index in [0.29, 0.717) is 17.6 Å². The average Bonchev–Trinajstić information content (AvgIpc) is 3.39. The Kier molecular flexibility index (Phi) is 6.54. The molecular weight excluding hydrogens is 500 g/mol. The van der Waals surface area contributed by atoms with E-state index in [1.165, 1.54) is 0 Å². The zero-order valence-corrected chi connectivity index (χ0v) is 21.8. The molecule has 0 aliphatic rings. The normalized spacial score (nSPS) is 11.9. The van der Waals surface area contributed by atoms with Crippen molar-refractivity contribution in [2.75, 3.05) is 0 Å². The van der Waals surface area contributed by atoms with Gasteiger partial charge in [-0.15, -0.1) is 0 Å². The molecule has 40 heavy (non-hydrogen) atoms. The lowest BCUT2D eigenvalue weighted by Crippen LogP contribution is -2.27. The molecule has 0 unspecified atom stereocenters. The van der Waals surface area contributed by atoms with E-state index in [1.807, 2.05) is 90.4 Å². The summed E-state index contributed by atoms with van der Waals surface area (Å²) in [6.07, 6.45) is 6.28. The molecule has 0 saturated carbocycles. The summed E-state index contributed by atoms with van der Waals surface area (Å²) in [7, 11) is 0. The fourth-order valence-electron chi connectivity index (χ4n) is 4.98. The van der Waals surface area contributed by atoms with E-state index in [9.17, 15) is 14.7 Å². The van der Waals surface area contributed by atoms with Gasteiger partial charge in [-0.1, -0.05) is 42.5 Å². The molecule has 0 aliphatic carbocycles. The number of pyridine rings is 3. The van der Waals surface area contributed by atoms with Crippen LogP contribution in [0.25, 0.3) is 27.7 Å². The van der Waals surface area contributed by atoms with Gasteiger partial charge in [-0.2, -0.15) is 0 Å². The van der Waals surface area contributed by atoms with Crippen LogP contribution in [0.15, 0.2) is 110 Å². The Bertz CT molecular complexity index is 1860. The number of carboxylic acids is 1. The second-order valence-electron chi connectivity index (χ2n) is 9.76. The first kappa shape index (κ1) is 25.0. The Morgan fingerprint density at radius 1 is 0.925 bits per heavy atom. The SMILES string of the molecule is C[C@H](NC(=O)c1cc(-c2ccccc2)cn2ccc(Cc3ccc4cccnc4n3)c12)c1ccc(C(=O)O)cc1. The van der Waals surface area contributed by atoms with Gasteiger partial charge in [-0.3, -0.25) is 4.79 Å². The molecule has 4 aromatic heterocycles. The molecular formula is C33H26N4O3. The topological polar surface area (TPSA) is 96.6 Å². The highest BCUT2D eigenvalue weighted by atomic mass is 16.4. The van der Waals surface area contributed by atoms with E-state index < -0.39 is 5.97 Å². The molecule has 196 valence electrons. The molecule has 0 fully saturated rings. The van der Waals surface area contributed by atoms with Crippen molar-refractivity contribution in [3.8, 4) is 11.1 Å². The van der Waals surface area contributed by atoms with Gasteiger partial charge >= 0.3 is 5.97 Å². The maximum atomic E-state index is 13.8. The number of benzene rings is 2. The van der Waals surface area contributed by atoms with Gasteiger partial charge in [0.1, 0.15) is 0 Å². The number of nitrogens with one attached hydrogen (secondary N) is 1. The van der Waals surface area contributed by atoms with Crippen LogP contribution in [0.3, 0.4) is 0 Å². The number of fused-ring (bicyclic) bond motifs is 2. The van der Waals surface area contributed by atoms with Gasteiger partial charge in [0.05, 0.1) is 22.7 Å². The Morgan fingerprint density at radius 3 is 2.50 bits per heavy atom. The summed E-state index contributed by atoms with van der Waals surface area (Å²) in [5.74, 6) is -1.20. The lowest BCUT2D eigenvalue weighted by atomic mass is 10.0. The summed E-state index contributed by atoms with van der Waals surface area (Å²) in [6, 6.07) is 28.0. The summed E-state index contributed by atoms with van der Waals surface area (Å²) in [5, 5.41) is 13.3. The largest absolute Gasteiger partial charge is 0.478 e. The standard InChI is InChI=1S/C33H26N4O3/c1-21(22-9-11-25(12-10-22)33(39)40)35-32(38)29-19-27(23-6-3-2-4-7-23)20-37-17-15-26(30(29)37)18-28-14-13-24-8-5-16-34-31(24)36-28/h2-17,19-21H,18H2,1H3,(H,35,38)(H,39,40)/t21-/m0/s1. The molecule has 0 saturated heterocycles. The van der Waals surface area contributed by atoms with Gasteiger partial charge in [0, 0.05) is 36.1 Å². The fourth-order valence-corrected chi connectivity index (χ4v) is 4.98. The second kappa shape index (κ2) is 10.5. The number of aromatic carboxylic acids is 1. The van der Waals surface area contributed by atoms with Crippen LogP contribution in [0.1, 0.15) is 50.5 Å². The summed E-state index contributed by atoms with van der Waals surface area (Å²) >= 11 is 0. The van der Waals surface area contributed by atoms with Crippen LogP contribution in [0.4, 0.5) is 0 Å². The van der Waals surface area contributed by atoms with Crippen molar-refractivity contribution >= 4 is 28.4 Å². The van der Waals surface area contributed by atoms with Crippen molar-refractivity contribution in [3.05, 3.63) is 138 Å². The van der Waals surface area contributed by atoms with Crippen molar-refractivity contribution in [2.45, 2.75) is 19.4 Å². The molecule has 0 spiro atoms. The highest BCUT2D eigenvalue weighted by Gasteiger charge is 2.19. The van der Waals surface area contributed by atoms with Crippen molar-refractivity contribution in [1.29, 1.82) is 0 Å². The van der Waals surface area contributed by atoms with Crippen LogP contribution in [0.5, 0.6) is 0 Å². The number of hydrogen-bond donors (Lipinski definition) is 2.